The van der Waals surface area contributed by atoms with E-state index in [9.17, 15) is 0 Å². The van der Waals surface area contributed by atoms with Crippen LogP contribution in [0.5, 0.6) is 0 Å². The number of aryl methyl sites for hydroxylation is 2. The lowest BCUT2D eigenvalue weighted by Crippen LogP contribution is -2.37. The largest absolute Gasteiger partial charge is 0.378 e. The molecule has 0 saturated carbocycles. The van der Waals surface area contributed by atoms with Gasteiger partial charge in [-0.2, -0.15) is 4.98 Å². The van der Waals surface area contributed by atoms with Crippen LogP contribution in [-0.4, -0.2) is 47.9 Å². The molecule has 0 radical (unpaired) electrons. The van der Waals surface area contributed by atoms with Crippen LogP contribution in [0.25, 0.3) is 0 Å². The van der Waals surface area contributed by atoms with Gasteiger partial charge in [-0.1, -0.05) is 30.3 Å². The van der Waals surface area contributed by atoms with Gasteiger partial charge in [-0.3, -0.25) is 0 Å². The van der Waals surface area contributed by atoms with Crippen molar-refractivity contribution in [2.24, 2.45) is 0 Å². The van der Waals surface area contributed by atoms with E-state index >= 15 is 0 Å². The Bertz CT molecular complexity index is 719. The molecule has 0 bridgehead atoms. The van der Waals surface area contributed by atoms with Gasteiger partial charge in [0, 0.05) is 31.4 Å². The standard InChI is InChI=1S/C19H25N5OS/c1-15-14-17(24-10-12-25-13-11-24)22-18(21-15)23-19(26)20-9-5-8-16-6-3-2-4-7-16/h2-4,6-7,14H,5,8-13H2,1H3,(H2,20,21,22,23,26). The van der Waals surface area contributed by atoms with Gasteiger partial charge in [0.1, 0.15) is 5.82 Å². The molecule has 1 aliphatic heterocycles. The molecule has 2 N–H and O–H groups in total. The molecule has 0 spiro atoms. The highest BCUT2D eigenvalue weighted by Crippen LogP contribution is 2.16. The SMILES string of the molecule is Cc1cc(N2CCOCC2)nc(NC(=S)NCCCc2ccccc2)n1. The van der Waals surface area contributed by atoms with Crippen LogP contribution in [0.2, 0.25) is 0 Å². The van der Waals surface area contributed by atoms with E-state index < -0.39 is 0 Å². The molecule has 26 heavy (non-hydrogen) atoms. The first-order valence-corrected chi connectivity index (χ1v) is 9.39. The molecule has 0 unspecified atom stereocenters. The van der Waals surface area contributed by atoms with Crippen molar-refractivity contribution in [3.8, 4) is 0 Å². The highest BCUT2D eigenvalue weighted by Gasteiger charge is 2.14. The van der Waals surface area contributed by atoms with E-state index in [4.69, 9.17) is 17.0 Å². The highest BCUT2D eigenvalue weighted by atomic mass is 32.1. The van der Waals surface area contributed by atoms with Gasteiger partial charge in [-0.05, 0) is 37.5 Å². The van der Waals surface area contributed by atoms with Crippen LogP contribution in [-0.2, 0) is 11.2 Å². The van der Waals surface area contributed by atoms with Crippen LogP contribution in [0.1, 0.15) is 17.7 Å². The molecule has 138 valence electrons. The van der Waals surface area contributed by atoms with Crippen LogP contribution >= 0.6 is 12.2 Å². The van der Waals surface area contributed by atoms with Gasteiger partial charge in [-0.25, -0.2) is 4.98 Å². The summed E-state index contributed by atoms with van der Waals surface area (Å²) < 4.78 is 5.40. The number of hydrogen-bond acceptors (Lipinski definition) is 5. The summed E-state index contributed by atoms with van der Waals surface area (Å²) in [5.74, 6) is 1.45. The number of rotatable bonds is 6. The zero-order valence-corrected chi connectivity index (χ0v) is 15.9. The number of nitrogens with zero attached hydrogens (tertiary/aromatic N) is 3. The van der Waals surface area contributed by atoms with Gasteiger partial charge in [0.25, 0.3) is 0 Å². The van der Waals surface area contributed by atoms with Crippen molar-refractivity contribution >= 4 is 29.1 Å². The van der Waals surface area contributed by atoms with Crippen molar-refractivity contribution in [3.63, 3.8) is 0 Å². The van der Waals surface area contributed by atoms with Gasteiger partial charge < -0.3 is 20.3 Å². The average Bonchev–Trinajstić information content (AvgIpc) is 2.66. The summed E-state index contributed by atoms with van der Waals surface area (Å²) in [6.45, 7) is 5.92. The minimum atomic E-state index is 0.534. The van der Waals surface area contributed by atoms with Gasteiger partial charge in [0.2, 0.25) is 5.95 Å². The molecule has 6 nitrogen and oxygen atoms in total. The van der Waals surface area contributed by atoms with Gasteiger partial charge >= 0.3 is 0 Å². The second-order valence-electron chi connectivity index (χ2n) is 6.26. The lowest BCUT2D eigenvalue weighted by Gasteiger charge is -2.28. The molecule has 0 aliphatic carbocycles. The highest BCUT2D eigenvalue weighted by molar-refractivity contribution is 7.80. The summed E-state index contributed by atoms with van der Waals surface area (Å²) >= 11 is 5.37. The maximum atomic E-state index is 5.40. The molecule has 2 aromatic rings. The average molecular weight is 372 g/mol. The topological polar surface area (TPSA) is 62.3 Å². The molecule has 0 atom stereocenters. The first-order chi connectivity index (χ1) is 12.7. The van der Waals surface area contributed by atoms with Crippen molar-refractivity contribution in [2.75, 3.05) is 43.1 Å². The van der Waals surface area contributed by atoms with Crippen molar-refractivity contribution < 1.29 is 4.74 Å². The minimum Gasteiger partial charge on any atom is -0.378 e. The Labute approximate surface area is 160 Å². The van der Waals surface area contributed by atoms with Crippen molar-refractivity contribution in [2.45, 2.75) is 19.8 Å². The first-order valence-electron chi connectivity index (χ1n) is 8.98. The van der Waals surface area contributed by atoms with Crippen molar-refractivity contribution in [1.29, 1.82) is 0 Å². The predicted molar refractivity (Wildman–Crippen MR) is 109 cm³/mol. The van der Waals surface area contributed by atoms with Gasteiger partial charge in [-0.15, -0.1) is 0 Å². The van der Waals surface area contributed by atoms with Gasteiger partial charge in [0.15, 0.2) is 5.11 Å². The van der Waals surface area contributed by atoms with E-state index in [1.54, 1.807) is 0 Å². The third-order valence-electron chi connectivity index (χ3n) is 4.17. The van der Waals surface area contributed by atoms with E-state index in [2.05, 4.69) is 49.8 Å². The van der Waals surface area contributed by atoms with E-state index in [1.165, 1.54) is 5.56 Å². The number of ether oxygens (including phenoxy) is 1. The molecular formula is C19H25N5OS. The number of benzene rings is 1. The normalized spacial score (nSPS) is 14.1. The zero-order valence-electron chi connectivity index (χ0n) is 15.1. The Morgan fingerprint density at radius 3 is 2.73 bits per heavy atom. The monoisotopic (exact) mass is 371 g/mol. The molecule has 3 rings (SSSR count). The lowest BCUT2D eigenvalue weighted by atomic mass is 10.1. The predicted octanol–water partition coefficient (Wildman–Crippen LogP) is 2.54. The summed E-state index contributed by atoms with van der Waals surface area (Å²) in [7, 11) is 0. The van der Waals surface area contributed by atoms with E-state index in [0.29, 0.717) is 11.1 Å². The maximum absolute atomic E-state index is 5.40. The third-order valence-corrected chi connectivity index (χ3v) is 4.42. The molecule has 0 amide bonds. The van der Waals surface area contributed by atoms with Crippen molar-refractivity contribution in [3.05, 3.63) is 47.7 Å². The molecule has 1 fully saturated rings. The molecule has 2 heterocycles. The Balaban J connectivity index is 1.48. The van der Waals surface area contributed by atoms with Gasteiger partial charge in [0.05, 0.1) is 13.2 Å². The summed E-state index contributed by atoms with van der Waals surface area (Å²) in [4.78, 5) is 11.2. The fourth-order valence-corrected chi connectivity index (χ4v) is 3.04. The quantitative estimate of drug-likeness (QED) is 0.598. The Morgan fingerprint density at radius 2 is 1.96 bits per heavy atom. The minimum absolute atomic E-state index is 0.534. The third kappa shape index (κ3) is 5.64. The molecule has 7 heteroatoms. The number of morpholine rings is 1. The number of anilines is 2. The number of nitrogens with one attached hydrogen (secondary N) is 2. The van der Waals surface area contributed by atoms with Crippen LogP contribution in [0, 0.1) is 6.92 Å². The second kappa shape index (κ2) is 9.45. The first kappa shape index (κ1) is 18.5. The number of thiocarbonyl (C=S) groups is 1. The zero-order chi connectivity index (χ0) is 18.2. The van der Waals surface area contributed by atoms with Crippen LogP contribution in [0.3, 0.4) is 0 Å². The summed E-state index contributed by atoms with van der Waals surface area (Å²) in [5, 5.41) is 6.88. The van der Waals surface area contributed by atoms with Crippen LogP contribution in [0.4, 0.5) is 11.8 Å². The Morgan fingerprint density at radius 1 is 1.19 bits per heavy atom. The Hall–Kier alpha value is -2.25. The van der Waals surface area contributed by atoms with Crippen molar-refractivity contribution in [1.82, 2.24) is 15.3 Å². The summed E-state index contributed by atoms with van der Waals surface area (Å²) in [5.41, 5.74) is 2.25. The van der Waals surface area contributed by atoms with E-state index in [-0.39, 0.29) is 0 Å². The second-order valence-corrected chi connectivity index (χ2v) is 6.67. The molecule has 1 aliphatic rings. The molecule has 1 saturated heterocycles. The number of aromatic nitrogens is 2. The van der Waals surface area contributed by atoms with E-state index in [1.807, 2.05) is 19.1 Å². The maximum Gasteiger partial charge on any atom is 0.231 e. The molecular weight excluding hydrogens is 346 g/mol. The van der Waals surface area contributed by atoms with Crippen LogP contribution in [0.15, 0.2) is 36.4 Å². The molecule has 1 aromatic heterocycles. The summed E-state index contributed by atoms with van der Waals surface area (Å²) in [6.07, 6.45) is 2.04. The molecule has 1 aromatic carbocycles. The fourth-order valence-electron chi connectivity index (χ4n) is 2.85. The lowest BCUT2D eigenvalue weighted by molar-refractivity contribution is 0.122. The fraction of sp³-hybridized carbons (Fsp3) is 0.421. The summed E-state index contributed by atoms with van der Waals surface area (Å²) in [6, 6.07) is 12.4. The van der Waals surface area contributed by atoms with Crippen LogP contribution < -0.4 is 15.5 Å². The smallest absolute Gasteiger partial charge is 0.231 e. The van der Waals surface area contributed by atoms with E-state index in [0.717, 1.165) is 57.2 Å². The Kier molecular flexibility index (Phi) is 6.74. The number of hydrogen-bond donors (Lipinski definition) is 2.